The Hall–Kier alpha value is -1.28. The van der Waals surface area contributed by atoms with Crippen molar-refractivity contribution in [3.8, 4) is 0 Å². The Morgan fingerprint density at radius 2 is 2.26 bits per heavy atom. The number of carbonyl (C=O) groups is 3. The molecule has 7 nitrogen and oxygen atoms in total. The van der Waals surface area contributed by atoms with Crippen molar-refractivity contribution in [3.05, 3.63) is 0 Å². The zero-order chi connectivity index (χ0) is 14.3. The van der Waals surface area contributed by atoms with E-state index in [-0.39, 0.29) is 24.8 Å². The van der Waals surface area contributed by atoms with Gasteiger partial charge in [0, 0.05) is 24.5 Å². The lowest BCUT2D eigenvalue weighted by Crippen LogP contribution is -2.53. The molecule has 0 aromatic rings. The minimum absolute atomic E-state index is 0.0214. The van der Waals surface area contributed by atoms with Gasteiger partial charge in [-0.05, 0) is 6.42 Å². The van der Waals surface area contributed by atoms with Crippen LogP contribution in [0.25, 0.3) is 0 Å². The van der Waals surface area contributed by atoms with Crippen LogP contribution in [0.2, 0.25) is 0 Å². The number of aliphatic carboxylic acids is 1. The number of nitrogens with one attached hydrogen (secondary N) is 2. The maximum Gasteiger partial charge on any atom is 0.326 e. The SMILES string of the molecule is COC(=O)CC[C@@H](NC(=O)C1CSCCN1)C(=O)O. The fourth-order valence-electron chi connectivity index (χ4n) is 1.63. The summed E-state index contributed by atoms with van der Waals surface area (Å²) in [6, 6.07) is -1.45. The number of carbonyl (C=O) groups excluding carboxylic acids is 2. The first-order chi connectivity index (χ1) is 9.04. The van der Waals surface area contributed by atoms with Crippen molar-refractivity contribution in [2.75, 3.05) is 25.2 Å². The molecule has 19 heavy (non-hydrogen) atoms. The number of ether oxygens (including phenoxy) is 1. The third-order valence-corrected chi connectivity index (χ3v) is 3.78. The molecule has 2 atom stereocenters. The molecule has 0 radical (unpaired) electrons. The molecule has 0 bridgehead atoms. The summed E-state index contributed by atoms with van der Waals surface area (Å²) in [5.41, 5.74) is 0. The molecule has 1 saturated heterocycles. The van der Waals surface area contributed by atoms with Gasteiger partial charge in [-0.15, -0.1) is 0 Å². The van der Waals surface area contributed by atoms with Crippen molar-refractivity contribution >= 4 is 29.6 Å². The van der Waals surface area contributed by atoms with Gasteiger partial charge < -0.3 is 20.5 Å². The number of amides is 1. The second kappa shape index (κ2) is 8.00. The fourth-order valence-corrected chi connectivity index (χ4v) is 2.56. The van der Waals surface area contributed by atoms with Crippen LogP contribution in [0.4, 0.5) is 0 Å². The van der Waals surface area contributed by atoms with Crippen molar-refractivity contribution in [2.45, 2.75) is 24.9 Å². The van der Waals surface area contributed by atoms with E-state index in [2.05, 4.69) is 15.4 Å². The van der Waals surface area contributed by atoms with E-state index in [9.17, 15) is 14.4 Å². The topological polar surface area (TPSA) is 105 Å². The Bertz CT molecular complexity index is 344. The fraction of sp³-hybridized carbons (Fsp3) is 0.727. The lowest BCUT2D eigenvalue weighted by molar-refractivity contribution is -0.144. The molecule has 0 aromatic heterocycles. The first-order valence-electron chi connectivity index (χ1n) is 5.95. The summed E-state index contributed by atoms with van der Waals surface area (Å²) in [5, 5.41) is 14.5. The van der Waals surface area contributed by atoms with E-state index in [4.69, 9.17) is 5.11 Å². The number of carboxylic acid groups (broad SMARTS) is 1. The molecule has 3 N–H and O–H groups in total. The maximum atomic E-state index is 11.9. The van der Waals surface area contributed by atoms with Crippen molar-refractivity contribution in [3.63, 3.8) is 0 Å². The Morgan fingerprint density at radius 1 is 1.53 bits per heavy atom. The first-order valence-corrected chi connectivity index (χ1v) is 7.11. The van der Waals surface area contributed by atoms with E-state index in [0.29, 0.717) is 5.75 Å². The van der Waals surface area contributed by atoms with E-state index in [1.807, 2.05) is 0 Å². The van der Waals surface area contributed by atoms with Gasteiger partial charge >= 0.3 is 11.9 Å². The van der Waals surface area contributed by atoms with Crippen LogP contribution in [0.1, 0.15) is 12.8 Å². The summed E-state index contributed by atoms with van der Waals surface area (Å²) in [7, 11) is 1.24. The molecular formula is C11H18N2O5S. The lowest BCUT2D eigenvalue weighted by atomic mass is 10.1. The van der Waals surface area contributed by atoms with E-state index < -0.39 is 18.0 Å². The highest BCUT2D eigenvalue weighted by molar-refractivity contribution is 7.99. The van der Waals surface area contributed by atoms with Gasteiger partial charge in [0.1, 0.15) is 6.04 Å². The molecule has 1 unspecified atom stereocenters. The predicted molar refractivity (Wildman–Crippen MR) is 69.9 cm³/mol. The Balaban J connectivity index is 2.45. The molecule has 8 heteroatoms. The monoisotopic (exact) mass is 290 g/mol. The highest BCUT2D eigenvalue weighted by Crippen LogP contribution is 2.08. The van der Waals surface area contributed by atoms with Crippen LogP contribution >= 0.6 is 11.8 Å². The Kier molecular flexibility index (Phi) is 6.65. The molecule has 1 amide bonds. The first kappa shape index (κ1) is 15.8. The number of methoxy groups -OCH3 is 1. The zero-order valence-corrected chi connectivity index (χ0v) is 11.5. The molecule has 1 aliphatic heterocycles. The Morgan fingerprint density at radius 3 is 2.79 bits per heavy atom. The smallest absolute Gasteiger partial charge is 0.326 e. The predicted octanol–water partition coefficient (Wildman–Crippen LogP) is -0.786. The van der Waals surface area contributed by atoms with Crippen LogP contribution < -0.4 is 10.6 Å². The number of esters is 1. The number of rotatable bonds is 6. The normalized spacial score (nSPS) is 20.4. The summed E-state index contributed by atoms with van der Waals surface area (Å²) in [4.78, 5) is 33.9. The molecule has 0 aromatic carbocycles. The molecule has 1 fully saturated rings. The molecule has 1 aliphatic rings. The van der Waals surface area contributed by atoms with E-state index in [0.717, 1.165) is 12.3 Å². The van der Waals surface area contributed by atoms with E-state index in [1.54, 1.807) is 11.8 Å². The van der Waals surface area contributed by atoms with Crippen molar-refractivity contribution in [2.24, 2.45) is 0 Å². The van der Waals surface area contributed by atoms with Gasteiger partial charge in [0.15, 0.2) is 0 Å². The molecule has 108 valence electrons. The minimum atomic E-state index is -1.15. The van der Waals surface area contributed by atoms with Crippen LogP contribution in [0.5, 0.6) is 0 Å². The average Bonchev–Trinajstić information content (AvgIpc) is 2.43. The number of thioether (sulfide) groups is 1. The van der Waals surface area contributed by atoms with Crippen molar-refractivity contribution in [1.29, 1.82) is 0 Å². The highest BCUT2D eigenvalue weighted by Gasteiger charge is 2.26. The molecule has 0 aliphatic carbocycles. The Labute approximate surface area is 115 Å². The van der Waals surface area contributed by atoms with Gasteiger partial charge in [-0.2, -0.15) is 11.8 Å². The van der Waals surface area contributed by atoms with Gasteiger partial charge in [0.25, 0.3) is 0 Å². The highest BCUT2D eigenvalue weighted by atomic mass is 32.2. The molecule has 0 spiro atoms. The quantitative estimate of drug-likeness (QED) is 0.551. The van der Waals surface area contributed by atoms with Gasteiger partial charge in [-0.25, -0.2) is 4.79 Å². The molecule has 1 rings (SSSR count). The van der Waals surface area contributed by atoms with Crippen molar-refractivity contribution < 1.29 is 24.2 Å². The van der Waals surface area contributed by atoms with Gasteiger partial charge in [-0.1, -0.05) is 0 Å². The van der Waals surface area contributed by atoms with Crippen LogP contribution in [0, 0.1) is 0 Å². The number of hydrogen-bond acceptors (Lipinski definition) is 6. The molecular weight excluding hydrogens is 272 g/mol. The lowest BCUT2D eigenvalue weighted by Gasteiger charge is -2.24. The van der Waals surface area contributed by atoms with Gasteiger partial charge in [0.05, 0.1) is 13.2 Å². The second-order valence-corrected chi connectivity index (χ2v) is 5.25. The molecule has 1 heterocycles. The van der Waals surface area contributed by atoms with Crippen LogP contribution in [0.3, 0.4) is 0 Å². The van der Waals surface area contributed by atoms with Crippen LogP contribution in [-0.4, -0.2) is 60.2 Å². The minimum Gasteiger partial charge on any atom is -0.480 e. The number of carboxylic acids is 1. The van der Waals surface area contributed by atoms with Crippen molar-refractivity contribution in [1.82, 2.24) is 10.6 Å². The largest absolute Gasteiger partial charge is 0.480 e. The van der Waals surface area contributed by atoms with E-state index >= 15 is 0 Å². The summed E-state index contributed by atoms with van der Waals surface area (Å²) in [6.45, 7) is 0.725. The molecule has 0 saturated carbocycles. The maximum absolute atomic E-state index is 11.9. The third-order valence-electron chi connectivity index (χ3n) is 2.72. The summed E-state index contributed by atoms with van der Waals surface area (Å²) in [5.74, 6) is -0.430. The summed E-state index contributed by atoms with van der Waals surface area (Å²) >= 11 is 1.64. The van der Waals surface area contributed by atoms with Crippen LogP contribution in [0.15, 0.2) is 0 Å². The van der Waals surface area contributed by atoms with Gasteiger partial charge in [0.2, 0.25) is 5.91 Å². The third kappa shape index (κ3) is 5.48. The summed E-state index contributed by atoms with van der Waals surface area (Å²) in [6.07, 6.45) is -0.0196. The van der Waals surface area contributed by atoms with E-state index in [1.165, 1.54) is 7.11 Å². The van der Waals surface area contributed by atoms with Gasteiger partial charge in [-0.3, -0.25) is 9.59 Å². The zero-order valence-electron chi connectivity index (χ0n) is 10.7. The van der Waals surface area contributed by atoms with Crippen LogP contribution in [-0.2, 0) is 19.1 Å². The standard InChI is InChI=1S/C11H18N2O5S/c1-18-9(14)3-2-7(11(16)17)13-10(15)8-6-19-5-4-12-8/h7-8,12H,2-6H2,1H3,(H,13,15)(H,16,17)/t7-,8?/m1/s1. The summed E-state index contributed by atoms with van der Waals surface area (Å²) < 4.78 is 4.44. The average molecular weight is 290 g/mol. The number of hydrogen-bond donors (Lipinski definition) is 3. The second-order valence-electron chi connectivity index (χ2n) is 4.10.